The summed E-state index contributed by atoms with van der Waals surface area (Å²) in [6.07, 6.45) is -3.03. The van der Waals surface area contributed by atoms with E-state index in [0.717, 1.165) is 12.1 Å². The molecule has 1 N–H and O–H groups in total. The van der Waals surface area contributed by atoms with E-state index < -0.39 is 17.7 Å². The summed E-state index contributed by atoms with van der Waals surface area (Å²) < 4.78 is 44.9. The summed E-state index contributed by atoms with van der Waals surface area (Å²) in [4.78, 5) is 19.7. The second-order valence-corrected chi connectivity index (χ2v) is 5.21. The van der Waals surface area contributed by atoms with Crippen molar-refractivity contribution >= 4 is 17.6 Å². The summed E-state index contributed by atoms with van der Waals surface area (Å²) in [5, 5.41) is 6.86. The molecule has 0 aliphatic heterocycles. The highest BCUT2D eigenvalue weighted by atomic mass is 19.4. The molecule has 2 heterocycles. The summed E-state index contributed by atoms with van der Waals surface area (Å²) in [6.45, 7) is 1.81. The van der Waals surface area contributed by atoms with E-state index in [1.165, 1.54) is 22.8 Å². The van der Waals surface area contributed by atoms with Crippen molar-refractivity contribution in [3.05, 3.63) is 42.1 Å². The van der Waals surface area contributed by atoms with Gasteiger partial charge in [0, 0.05) is 17.8 Å². The van der Waals surface area contributed by atoms with Gasteiger partial charge in [-0.1, -0.05) is 12.1 Å². The number of carbonyl (C=O) groups excluding carboxylic acids is 1. The standard InChI is InChI=1S/C16H14F3N5O2/c1-2-26-13(25)9-21-15-22-12-6-7-20-14(24(12)23-15)10-4-3-5-11(8-10)16(17,18)19/h3-8H,2,9H2,1H3,(H,21,23). The Bertz CT molecular complexity index is 939. The minimum Gasteiger partial charge on any atom is -0.465 e. The molecule has 3 aromatic rings. The summed E-state index contributed by atoms with van der Waals surface area (Å²) in [6, 6.07) is 6.34. The van der Waals surface area contributed by atoms with Gasteiger partial charge in [0.25, 0.3) is 0 Å². The van der Waals surface area contributed by atoms with Crippen LogP contribution in [0.4, 0.5) is 19.1 Å². The van der Waals surface area contributed by atoms with Crippen molar-refractivity contribution in [2.24, 2.45) is 0 Å². The maximum Gasteiger partial charge on any atom is 0.416 e. The Morgan fingerprint density at radius 2 is 2.12 bits per heavy atom. The Labute approximate surface area is 145 Å². The highest BCUT2D eigenvalue weighted by Crippen LogP contribution is 2.31. The molecule has 0 unspecified atom stereocenters. The van der Waals surface area contributed by atoms with Crippen molar-refractivity contribution in [3.8, 4) is 11.4 Å². The summed E-state index contributed by atoms with van der Waals surface area (Å²) in [5.74, 6) is -0.132. The molecular formula is C16H14F3N5O2. The molecule has 0 aliphatic carbocycles. The molecule has 0 amide bonds. The molecule has 0 aliphatic rings. The monoisotopic (exact) mass is 365 g/mol. The van der Waals surface area contributed by atoms with Gasteiger partial charge in [-0.2, -0.15) is 22.7 Å². The lowest BCUT2D eigenvalue weighted by atomic mass is 10.1. The number of halogens is 3. The van der Waals surface area contributed by atoms with Crippen molar-refractivity contribution in [2.45, 2.75) is 13.1 Å². The zero-order valence-electron chi connectivity index (χ0n) is 13.6. The van der Waals surface area contributed by atoms with Crippen molar-refractivity contribution in [2.75, 3.05) is 18.5 Å². The van der Waals surface area contributed by atoms with Gasteiger partial charge in [-0.3, -0.25) is 4.79 Å². The van der Waals surface area contributed by atoms with Gasteiger partial charge in [0.05, 0.1) is 12.2 Å². The Kier molecular flexibility index (Phi) is 4.74. The maximum absolute atomic E-state index is 12.9. The van der Waals surface area contributed by atoms with E-state index in [2.05, 4.69) is 20.4 Å². The van der Waals surface area contributed by atoms with Gasteiger partial charge >= 0.3 is 12.1 Å². The quantitative estimate of drug-likeness (QED) is 0.701. The summed E-state index contributed by atoms with van der Waals surface area (Å²) >= 11 is 0. The number of alkyl halides is 3. The molecule has 0 spiro atoms. The van der Waals surface area contributed by atoms with Crippen LogP contribution in [0.3, 0.4) is 0 Å². The van der Waals surface area contributed by atoms with Gasteiger partial charge in [0.15, 0.2) is 11.5 Å². The Hall–Kier alpha value is -3.17. The van der Waals surface area contributed by atoms with Gasteiger partial charge in [-0.25, -0.2) is 4.98 Å². The number of carbonyl (C=O) groups is 1. The molecular weight excluding hydrogens is 351 g/mol. The third-order valence-electron chi connectivity index (χ3n) is 3.40. The predicted octanol–water partition coefficient (Wildman–Crippen LogP) is 2.79. The highest BCUT2D eigenvalue weighted by Gasteiger charge is 2.30. The average Bonchev–Trinajstić information content (AvgIpc) is 3.02. The largest absolute Gasteiger partial charge is 0.465 e. The van der Waals surface area contributed by atoms with Crippen molar-refractivity contribution < 1.29 is 22.7 Å². The van der Waals surface area contributed by atoms with E-state index in [1.807, 2.05) is 0 Å². The normalized spacial score (nSPS) is 11.5. The lowest BCUT2D eigenvalue weighted by molar-refractivity contribution is -0.141. The van der Waals surface area contributed by atoms with Crippen LogP contribution in [0.2, 0.25) is 0 Å². The number of nitrogens with zero attached hydrogens (tertiary/aromatic N) is 4. The Morgan fingerprint density at radius 3 is 2.85 bits per heavy atom. The smallest absolute Gasteiger partial charge is 0.416 e. The van der Waals surface area contributed by atoms with E-state index in [0.29, 0.717) is 5.65 Å². The molecule has 0 atom stereocenters. The van der Waals surface area contributed by atoms with Crippen LogP contribution in [-0.4, -0.2) is 38.7 Å². The third-order valence-corrected chi connectivity index (χ3v) is 3.40. The lowest BCUT2D eigenvalue weighted by Crippen LogP contribution is -2.17. The van der Waals surface area contributed by atoms with E-state index in [9.17, 15) is 18.0 Å². The number of hydrogen-bond donors (Lipinski definition) is 1. The first-order valence-electron chi connectivity index (χ1n) is 7.67. The number of esters is 1. The minimum absolute atomic E-state index is 0.128. The number of fused-ring (bicyclic) bond motifs is 1. The molecule has 1 aromatic carbocycles. The molecule has 0 saturated heterocycles. The Balaban J connectivity index is 1.94. The van der Waals surface area contributed by atoms with Crippen molar-refractivity contribution in [3.63, 3.8) is 0 Å². The topological polar surface area (TPSA) is 81.4 Å². The molecule has 136 valence electrons. The van der Waals surface area contributed by atoms with Gasteiger partial charge in [0.1, 0.15) is 6.54 Å². The van der Waals surface area contributed by atoms with Crippen LogP contribution in [0.1, 0.15) is 12.5 Å². The van der Waals surface area contributed by atoms with Crippen LogP contribution in [0.25, 0.3) is 17.0 Å². The minimum atomic E-state index is -4.46. The fourth-order valence-electron chi connectivity index (χ4n) is 2.29. The third kappa shape index (κ3) is 3.73. The first-order valence-corrected chi connectivity index (χ1v) is 7.67. The fraction of sp³-hybridized carbons (Fsp3) is 0.250. The molecule has 0 radical (unpaired) electrons. The first-order chi connectivity index (χ1) is 12.4. The van der Waals surface area contributed by atoms with Gasteiger partial charge in [-0.15, -0.1) is 5.10 Å². The molecule has 0 fully saturated rings. The second kappa shape index (κ2) is 6.98. The number of anilines is 1. The average molecular weight is 365 g/mol. The molecule has 26 heavy (non-hydrogen) atoms. The molecule has 3 rings (SSSR count). The lowest BCUT2D eigenvalue weighted by Gasteiger charge is -2.08. The number of hydrogen-bond acceptors (Lipinski definition) is 6. The van der Waals surface area contributed by atoms with Crippen LogP contribution >= 0.6 is 0 Å². The van der Waals surface area contributed by atoms with Crippen LogP contribution in [0, 0.1) is 0 Å². The van der Waals surface area contributed by atoms with E-state index >= 15 is 0 Å². The number of ether oxygens (including phenoxy) is 1. The fourth-order valence-corrected chi connectivity index (χ4v) is 2.29. The Morgan fingerprint density at radius 1 is 1.31 bits per heavy atom. The van der Waals surface area contributed by atoms with Crippen molar-refractivity contribution in [1.82, 2.24) is 19.6 Å². The van der Waals surface area contributed by atoms with E-state index in [4.69, 9.17) is 4.74 Å². The number of benzene rings is 1. The van der Waals surface area contributed by atoms with Crippen LogP contribution in [-0.2, 0) is 15.7 Å². The predicted molar refractivity (Wildman–Crippen MR) is 86.3 cm³/mol. The first kappa shape index (κ1) is 17.6. The van der Waals surface area contributed by atoms with E-state index in [-0.39, 0.29) is 30.5 Å². The molecule has 0 bridgehead atoms. The maximum atomic E-state index is 12.9. The van der Waals surface area contributed by atoms with Crippen LogP contribution in [0.15, 0.2) is 36.5 Å². The zero-order chi connectivity index (χ0) is 18.7. The van der Waals surface area contributed by atoms with Gasteiger partial charge in [0.2, 0.25) is 5.95 Å². The van der Waals surface area contributed by atoms with Crippen molar-refractivity contribution in [1.29, 1.82) is 0 Å². The SMILES string of the molecule is CCOC(=O)CNc1nc2ccnc(-c3cccc(C(F)(F)F)c3)n2n1. The molecule has 2 aromatic heterocycles. The van der Waals surface area contributed by atoms with Crippen LogP contribution in [0.5, 0.6) is 0 Å². The summed E-state index contributed by atoms with van der Waals surface area (Å²) in [7, 11) is 0. The molecule has 10 heteroatoms. The molecule has 0 saturated carbocycles. The summed E-state index contributed by atoms with van der Waals surface area (Å²) in [5.41, 5.74) is -0.166. The number of nitrogens with one attached hydrogen (secondary N) is 1. The van der Waals surface area contributed by atoms with E-state index in [1.54, 1.807) is 13.0 Å². The zero-order valence-corrected chi connectivity index (χ0v) is 13.6. The number of rotatable bonds is 5. The second-order valence-electron chi connectivity index (χ2n) is 5.21. The van der Waals surface area contributed by atoms with Gasteiger partial charge < -0.3 is 10.1 Å². The van der Waals surface area contributed by atoms with Crippen LogP contribution < -0.4 is 5.32 Å². The highest BCUT2D eigenvalue weighted by molar-refractivity contribution is 5.74. The molecule has 7 nitrogen and oxygen atoms in total. The van der Waals surface area contributed by atoms with Gasteiger partial charge in [-0.05, 0) is 19.1 Å². The number of aromatic nitrogens is 4.